The molecule has 1 aromatic heterocycles. The van der Waals surface area contributed by atoms with Crippen LogP contribution >= 0.6 is 11.6 Å². The number of aromatic carboxylic acids is 1. The van der Waals surface area contributed by atoms with Gasteiger partial charge >= 0.3 is 5.97 Å². The molecule has 0 spiro atoms. The molecule has 0 radical (unpaired) electrons. The minimum atomic E-state index is -3.90. The molecule has 9 heteroatoms. The van der Waals surface area contributed by atoms with Crippen molar-refractivity contribution in [2.24, 2.45) is 0 Å². The molecule has 1 aromatic carbocycles. The molecule has 0 aliphatic carbocycles. The highest BCUT2D eigenvalue weighted by atomic mass is 35.5. The number of carboxylic acids is 1. The van der Waals surface area contributed by atoms with Gasteiger partial charge in [0.25, 0.3) is 0 Å². The van der Waals surface area contributed by atoms with E-state index in [-0.39, 0.29) is 22.0 Å². The van der Waals surface area contributed by atoms with Crippen LogP contribution in [0.1, 0.15) is 34.3 Å². The summed E-state index contributed by atoms with van der Waals surface area (Å²) < 4.78 is 32.2. The molecule has 0 atom stereocenters. The molecule has 0 saturated carbocycles. The lowest BCUT2D eigenvalue weighted by Crippen LogP contribution is -2.24. The monoisotopic (exact) mass is 358 g/mol. The van der Waals surface area contributed by atoms with Crippen molar-refractivity contribution in [1.29, 1.82) is 0 Å². The van der Waals surface area contributed by atoms with Gasteiger partial charge in [0, 0.05) is 12.1 Å². The second kappa shape index (κ2) is 6.69. The summed E-state index contributed by atoms with van der Waals surface area (Å²) in [5.74, 6) is -0.645. The Kier molecular flexibility index (Phi) is 5.08. The van der Waals surface area contributed by atoms with Gasteiger partial charge in [-0.2, -0.15) is 0 Å². The van der Waals surface area contributed by atoms with Gasteiger partial charge in [0.1, 0.15) is 10.7 Å². The molecule has 0 aliphatic rings. The topological polar surface area (TPSA) is 110 Å². The largest absolute Gasteiger partial charge is 0.478 e. The van der Waals surface area contributed by atoms with E-state index >= 15 is 0 Å². The summed E-state index contributed by atoms with van der Waals surface area (Å²) in [6.45, 7) is 3.60. The van der Waals surface area contributed by atoms with Crippen LogP contribution in [0.15, 0.2) is 27.6 Å². The van der Waals surface area contributed by atoms with Crippen molar-refractivity contribution in [1.82, 2.24) is 9.88 Å². The van der Waals surface area contributed by atoms with Crippen LogP contribution in [-0.2, 0) is 23.0 Å². The molecule has 0 amide bonds. The molecule has 124 valence electrons. The normalized spacial score (nSPS) is 11.6. The van der Waals surface area contributed by atoms with Gasteiger partial charge < -0.3 is 9.63 Å². The zero-order chi connectivity index (χ0) is 17.2. The molecular weight excluding hydrogens is 344 g/mol. The third-order valence-corrected chi connectivity index (χ3v) is 5.19. The smallest absolute Gasteiger partial charge is 0.335 e. The first kappa shape index (κ1) is 17.5. The molecule has 2 aromatic rings. The molecule has 7 nitrogen and oxygen atoms in total. The van der Waals surface area contributed by atoms with E-state index in [9.17, 15) is 13.2 Å². The lowest BCUT2D eigenvalue weighted by atomic mass is 10.1. The van der Waals surface area contributed by atoms with E-state index in [0.717, 1.165) is 12.1 Å². The number of hydrogen-bond acceptors (Lipinski definition) is 5. The van der Waals surface area contributed by atoms with E-state index in [2.05, 4.69) is 9.88 Å². The van der Waals surface area contributed by atoms with Crippen molar-refractivity contribution in [2.75, 3.05) is 0 Å². The Morgan fingerprint density at radius 1 is 1.43 bits per heavy atom. The first-order chi connectivity index (χ1) is 10.8. The number of halogens is 1. The Morgan fingerprint density at radius 3 is 2.70 bits per heavy atom. The van der Waals surface area contributed by atoms with E-state index < -0.39 is 16.0 Å². The number of carbonyl (C=O) groups is 1. The standard InChI is InChI=1S/C14H15ClN2O5S/c1-3-12-10(8(2)22-17-12)7-16-23(20,21)13-5-4-9(14(18)19)6-11(13)15/h4-6,16H,3,7H2,1-2H3,(H,18,19). The van der Waals surface area contributed by atoms with Crippen LogP contribution in [0.5, 0.6) is 0 Å². The molecule has 23 heavy (non-hydrogen) atoms. The number of sulfonamides is 1. The minimum absolute atomic E-state index is 0.0118. The van der Waals surface area contributed by atoms with E-state index in [1.807, 2.05) is 6.92 Å². The van der Waals surface area contributed by atoms with Gasteiger partial charge in [-0.3, -0.25) is 0 Å². The first-order valence-corrected chi connectivity index (χ1v) is 8.59. The first-order valence-electron chi connectivity index (χ1n) is 6.72. The molecule has 0 fully saturated rings. The second-order valence-corrected chi connectivity index (χ2v) is 6.94. The second-order valence-electron chi connectivity index (χ2n) is 4.79. The summed E-state index contributed by atoms with van der Waals surface area (Å²) in [7, 11) is -3.90. The number of nitrogens with zero attached hydrogens (tertiary/aromatic N) is 1. The summed E-state index contributed by atoms with van der Waals surface area (Å²) in [5.41, 5.74) is 1.27. The van der Waals surface area contributed by atoms with Gasteiger partial charge in [-0.15, -0.1) is 0 Å². The van der Waals surface area contributed by atoms with Gasteiger partial charge in [0.05, 0.1) is 16.3 Å². The van der Waals surface area contributed by atoms with Gasteiger partial charge in [0.15, 0.2) is 0 Å². The van der Waals surface area contributed by atoms with Gasteiger partial charge in [-0.25, -0.2) is 17.9 Å². The zero-order valence-electron chi connectivity index (χ0n) is 12.5. The number of aromatic nitrogens is 1. The Morgan fingerprint density at radius 2 is 2.13 bits per heavy atom. The maximum atomic E-state index is 12.3. The molecule has 0 bridgehead atoms. The van der Waals surface area contributed by atoms with Gasteiger partial charge in [-0.1, -0.05) is 23.7 Å². The fraction of sp³-hybridized carbons (Fsp3) is 0.286. The molecular formula is C14H15ClN2O5S. The Labute approximate surface area is 138 Å². The fourth-order valence-corrected chi connectivity index (χ4v) is 3.58. The van der Waals surface area contributed by atoms with E-state index in [1.165, 1.54) is 6.07 Å². The van der Waals surface area contributed by atoms with Gasteiger partial charge in [-0.05, 0) is 31.5 Å². The number of benzene rings is 1. The van der Waals surface area contributed by atoms with Crippen LogP contribution < -0.4 is 4.72 Å². The van der Waals surface area contributed by atoms with Crippen molar-refractivity contribution in [3.8, 4) is 0 Å². The zero-order valence-corrected chi connectivity index (χ0v) is 14.0. The predicted octanol–water partition coefficient (Wildman–Crippen LogP) is 2.38. The van der Waals surface area contributed by atoms with Crippen molar-refractivity contribution in [3.05, 3.63) is 45.8 Å². The molecule has 0 aliphatic heterocycles. The maximum Gasteiger partial charge on any atom is 0.335 e. The lowest BCUT2D eigenvalue weighted by molar-refractivity contribution is 0.0696. The van der Waals surface area contributed by atoms with Crippen molar-refractivity contribution >= 4 is 27.6 Å². The van der Waals surface area contributed by atoms with E-state index in [0.29, 0.717) is 23.4 Å². The minimum Gasteiger partial charge on any atom is -0.478 e. The highest BCUT2D eigenvalue weighted by molar-refractivity contribution is 7.89. The summed E-state index contributed by atoms with van der Waals surface area (Å²) in [6.07, 6.45) is 0.614. The summed E-state index contributed by atoms with van der Waals surface area (Å²) in [5, 5.41) is 12.6. The third-order valence-electron chi connectivity index (χ3n) is 3.31. The van der Waals surface area contributed by atoms with Crippen LogP contribution in [0.25, 0.3) is 0 Å². The number of nitrogens with one attached hydrogen (secondary N) is 1. The summed E-state index contributed by atoms with van der Waals surface area (Å²) in [4.78, 5) is 10.7. The van der Waals surface area contributed by atoms with Gasteiger partial charge in [0.2, 0.25) is 10.0 Å². The van der Waals surface area contributed by atoms with E-state index in [1.54, 1.807) is 6.92 Å². The SMILES string of the molecule is CCc1noc(C)c1CNS(=O)(=O)c1ccc(C(=O)O)cc1Cl. The van der Waals surface area contributed by atoms with Crippen LogP contribution in [0.3, 0.4) is 0 Å². The molecule has 2 N–H and O–H groups in total. The summed E-state index contributed by atoms with van der Waals surface area (Å²) >= 11 is 5.90. The average molecular weight is 359 g/mol. The molecule has 2 rings (SSSR count). The molecule has 0 saturated heterocycles. The van der Waals surface area contributed by atoms with Crippen LogP contribution in [0.4, 0.5) is 0 Å². The predicted molar refractivity (Wildman–Crippen MR) is 83.1 cm³/mol. The number of hydrogen-bond donors (Lipinski definition) is 2. The lowest BCUT2D eigenvalue weighted by Gasteiger charge is -2.09. The highest BCUT2D eigenvalue weighted by Gasteiger charge is 2.21. The van der Waals surface area contributed by atoms with Crippen molar-refractivity contribution in [3.63, 3.8) is 0 Å². The number of aryl methyl sites for hydroxylation is 2. The summed E-state index contributed by atoms with van der Waals surface area (Å²) in [6, 6.07) is 3.45. The molecule has 0 unspecified atom stereocenters. The van der Waals surface area contributed by atoms with Crippen LogP contribution in [0, 0.1) is 6.92 Å². The Balaban J connectivity index is 2.26. The number of rotatable bonds is 6. The van der Waals surface area contributed by atoms with E-state index in [4.69, 9.17) is 21.2 Å². The third kappa shape index (κ3) is 3.72. The fourth-order valence-electron chi connectivity index (χ4n) is 2.04. The van der Waals surface area contributed by atoms with Crippen LogP contribution in [-0.4, -0.2) is 24.7 Å². The average Bonchev–Trinajstić information content (AvgIpc) is 2.85. The Hall–Kier alpha value is -1.90. The maximum absolute atomic E-state index is 12.3. The van der Waals surface area contributed by atoms with Crippen molar-refractivity contribution in [2.45, 2.75) is 31.7 Å². The quantitative estimate of drug-likeness (QED) is 0.820. The number of carboxylic acid groups (broad SMARTS) is 1. The van der Waals surface area contributed by atoms with Crippen LogP contribution in [0.2, 0.25) is 5.02 Å². The molecule has 1 heterocycles. The van der Waals surface area contributed by atoms with Crippen molar-refractivity contribution < 1.29 is 22.8 Å². The highest BCUT2D eigenvalue weighted by Crippen LogP contribution is 2.23. The Bertz CT molecular complexity index is 845.